The van der Waals surface area contributed by atoms with Gasteiger partial charge in [-0.1, -0.05) is 24.6 Å². The molecule has 0 heterocycles. The molecule has 0 aliphatic heterocycles. The standard InChI is InChI=1S/C22H30N2O5S/c1-5-21(22(25)23-15-16-29-20-11-7-17(3)8-12-20)24(30(4,26)27)18-9-13-19(14-10-18)28-6-2/h7-14,21H,5-6,15-16H2,1-4H3,(H,23,25)/t21-/m1/s1. The second-order valence-electron chi connectivity index (χ2n) is 6.86. The maximum absolute atomic E-state index is 12.8. The van der Waals surface area contributed by atoms with Gasteiger partial charge in [0.15, 0.2) is 0 Å². The highest BCUT2D eigenvalue weighted by Crippen LogP contribution is 2.25. The van der Waals surface area contributed by atoms with Gasteiger partial charge < -0.3 is 14.8 Å². The molecule has 30 heavy (non-hydrogen) atoms. The van der Waals surface area contributed by atoms with Gasteiger partial charge in [0.25, 0.3) is 0 Å². The molecule has 8 heteroatoms. The van der Waals surface area contributed by atoms with Crippen molar-refractivity contribution in [2.24, 2.45) is 0 Å². The summed E-state index contributed by atoms with van der Waals surface area (Å²) in [7, 11) is -3.68. The van der Waals surface area contributed by atoms with Crippen LogP contribution in [-0.2, 0) is 14.8 Å². The lowest BCUT2D eigenvalue weighted by atomic mass is 10.2. The lowest BCUT2D eigenvalue weighted by molar-refractivity contribution is -0.122. The van der Waals surface area contributed by atoms with E-state index in [4.69, 9.17) is 9.47 Å². The lowest BCUT2D eigenvalue weighted by Gasteiger charge is -2.30. The van der Waals surface area contributed by atoms with Gasteiger partial charge in [0, 0.05) is 0 Å². The van der Waals surface area contributed by atoms with E-state index < -0.39 is 16.1 Å². The van der Waals surface area contributed by atoms with Crippen molar-refractivity contribution in [2.75, 3.05) is 30.3 Å². The number of carbonyl (C=O) groups is 1. The summed E-state index contributed by atoms with van der Waals surface area (Å²) in [6.45, 7) is 6.71. The summed E-state index contributed by atoms with van der Waals surface area (Å²) >= 11 is 0. The number of carbonyl (C=O) groups excluding carboxylic acids is 1. The lowest BCUT2D eigenvalue weighted by Crippen LogP contribution is -2.50. The van der Waals surface area contributed by atoms with Crippen molar-refractivity contribution < 1.29 is 22.7 Å². The van der Waals surface area contributed by atoms with Crippen LogP contribution in [-0.4, -0.2) is 46.4 Å². The Morgan fingerprint density at radius 1 is 1.00 bits per heavy atom. The normalized spacial score (nSPS) is 12.1. The molecule has 7 nitrogen and oxygen atoms in total. The van der Waals surface area contributed by atoms with E-state index in [0.717, 1.165) is 16.1 Å². The van der Waals surface area contributed by atoms with Crippen LogP contribution >= 0.6 is 0 Å². The molecule has 1 amide bonds. The highest BCUT2D eigenvalue weighted by Gasteiger charge is 2.31. The van der Waals surface area contributed by atoms with Crippen molar-refractivity contribution in [3.8, 4) is 11.5 Å². The van der Waals surface area contributed by atoms with Crippen LogP contribution in [0.25, 0.3) is 0 Å². The second kappa shape index (κ2) is 10.9. The van der Waals surface area contributed by atoms with Gasteiger partial charge in [-0.15, -0.1) is 0 Å². The number of nitrogens with one attached hydrogen (secondary N) is 1. The highest BCUT2D eigenvalue weighted by molar-refractivity contribution is 7.92. The molecule has 0 aliphatic carbocycles. The van der Waals surface area contributed by atoms with Gasteiger partial charge in [0.05, 0.1) is 25.1 Å². The minimum absolute atomic E-state index is 0.268. The first-order valence-electron chi connectivity index (χ1n) is 9.95. The van der Waals surface area contributed by atoms with Crippen LogP contribution < -0.4 is 19.1 Å². The maximum atomic E-state index is 12.8. The molecule has 164 valence electrons. The number of amides is 1. The number of rotatable bonds is 11. The molecule has 2 aromatic carbocycles. The number of hydrogen-bond acceptors (Lipinski definition) is 5. The van der Waals surface area contributed by atoms with Crippen molar-refractivity contribution in [3.63, 3.8) is 0 Å². The Kier molecular flexibility index (Phi) is 8.53. The third kappa shape index (κ3) is 6.66. The molecule has 0 bridgehead atoms. The van der Waals surface area contributed by atoms with Crippen LogP contribution in [0.15, 0.2) is 48.5 Å². The van der Waals surface area contributed by atoms with Crippen LogP contribution in [0.1, 0.15) is 25.8 Å². The molecule has 0 aliphatic rings. The molecule has 0 unspecified atom stereocenters. The molecular weight excluding hydrogens is 404 g/mol. The van der Waals surface area contributed by atoms with E-state index in [2.05, 4.69) is 5.32 Å². The van der Waals surface area contributed by atoms with Crippen molar-refractivity contribution in [1.29, 1.82) is 0 Å². The Morgan fingerprint density at radius 2 is 1.57 bits per heavy atom. The Bertz CT molecular complexity index is 912. The Balaban J connectivity index is 2.04. The monoisotopic (exact) mass is 434 g/mol. The van der Waals surface area contributed by atoms with Gasteiger partial charge in [0.2, 0.25) is 15.9 Å². The van der Waals surface area contributed by atoms with Gasteiger partial charge in [-0.25, -0.2) is 8.42 Å². The van der Waals surface area contributed by atoms with E-state index in [1.54, 1.807) is 31.2 Å². The van der Waals surface area contributed by atoms with Crippen LogP contribution in [0.4, 0.5) is 5.69 Å². The third-order valence-corrected chi connectivity index (χ3v) is 5.60. The first-order valence-corrected chi connectivity index (χ1v) is 11.8. The number of hydrogen-bond donors (Lipinski definition) is 1. The van der Waals surface area contributed by atoms with Gasteiger partial charge in [-0.05, 0) is 56.7 Å². The number of sulfonamides is 1. The fourth-order valence-electron chi connectivity index (χ4n) is 3.01. The Labute approximate surface area is 179 Å². The number of anilines is 1. The predicted molar refractivity (Wildman–Crippen MR) is 119 cm³/mol. The number of nitrogens with zero attached hydrogens (tertiary/aromatic N) is 1. The van der Waals surface area contributed by atoms with Crippen molar-refractivity contribution >= 4 is 21.6 Å². The average molecular weight is 435 g/mol. The SMILES string of the molecule is CCOc1ccc(N([C@H](CC)C(=O)NCCOc2ccc(C)cc2)S(C)(=O)=O)cc1. The molecule has 0 fully saturated rings. The van der Waals surface area contributed by atoms with Gasteiger partial charge in [0.1, 0.15) is 24.1 Å². The van der Waals surface area contributed by atoms with E-state index in [-0.39, 0.29) is 19.1 Å². The largest absolute Gasteiger partial charge is 0.494 e. The van der Waals surface area contributed by atoms with Gasteiger partial charge >= 0.3 is 0 Å². The zero-order valence-corrected chi connectivity index (χ0v) is 18.7. The zero-order valence-electron chi connectivity index (χ0n) is 17.9. The Morgan fingerprint density at radius 3 is 2.10 bits per heavy atom. The molecule has 0 aromatic heterocycles. The number of ether oxygens (including phenoxy) is 2. The average Bonchev–Trinajstić information content (AvgIpc) is 2.70. The number of benzene rings is 2. The van der Waals surface area contributed by atoms with Gasteiger partial charge in [-0.2, -0.15) is 0 Å². The predicted octanol–water partition coefficient (Wildman–Crippen LogP) is 3.13. The van der Waals surface area contributed by atoms with E-state index in [1.807, 2.05) is 38.1 Å². The molecule has 1 N–H and O–H groups in total. The molecule has 0 radical (unpaired) electrons. The van der Waals surface area contributed by atoms with Crippen LogP contribution in [0, 0.1) is 6.92 Å². The fraction of sp³-hybridized carbons (Fsp3) is 0.409. The quantitative estimate of drug-likeness (QED) is 0.549. The fourth-order valence-corrected chi connectivity index (χ4v) is 4.22. The third-order valence-electron chi connectivity index (χ3n) is 4.42. The van der Waals surface area contributed by atoms with E-state index in [0.29, 0.717) is 30.2 Å². The zero-order chi connectivity index (χ0) is 22.1. The summed E-state index contributed by atoms with van der Waals surface area (Å²) in [5.41, 5.74) is 1.55. The number of aryl methyl sites for hydroxylation is 1. The molecule has 0 saturated heterocycles. The van der Waals surface area contributed by atoms with Crippen molar-refractivity contribution in [2.45, 2.75) is 33.2 Å². The van der Waals surface area contributed by atoms with E-state index in [1.165, 1.54) is 0 Å². The molecule has 2 aromatic rings. The summed E-state index contributed by atoms with van der Waals surface area (Å²) < 4.78 is 37.1. The van der Waals surface area contributed by atoms with Crippen molar-refractivity contribution in [3.05, 3.63) is 54.1 Å². The van der Waals surface area contributed by atoms with Crippen molar-refractivity contribution in [1.82, 2.24) is 5.32 Å². The second-order valence-corrected chi connectivity index (χ2v) is 8.72. The first-order chi connectivity index (χ1) is 14.3. The molecule has 2 rings (SSSR count). The molecular formula is C22H30N2O5S. The van der Waals surface area contributed by atoms with Gasteiger partial charge in [-0.3, -0.25) is 9.10 Å². The highest BCUT2D eigenvalue weighted by atomic mass is 32.2. The molecule has 0 spiro atoms. The first kappa shape index (κ1) is 23.5. The van der Waals surface area contributed by atoms with Crippen LogP contribution in [0.5, 0.6) is 11.5 Å². The molecule has 0 saturated carbocycles. The summed E-state index contributed by atoms with van der Waals surface area (Å²) in [6, 6.07) is 13.4. The summed E-state index contributed by atoms with van der Waals surface area (Å²) in [5, 5.41) is 2.77. The summed E-state index contributed by atoms with van der Waals surface area (Å²) in [6.07, 6.45) is 1.42. The summed E-state index contributed by atoms with van der Waals surface area (Å²) in [4.78, 5) is 12.8. The maximum Gasteiger partial charge on any atom is 0.244 e. The van der Waals surface area contributed by atoms with E-state index in [9.17, 15) is 13.2 Å². The van der Waals surface area contributed by atoms with E-state index >= 15 is 0 Å². The Hall–Kier alpha value is -2.74. The minimum atomic E-state index is -3.68. The smallest absolute Gasteiger partial charge is 0.244 e. The molecule has 1 atom stereocenters. The summed E-state index contributed by atoms with van der Waals surface area (Å²) in [5.74, 6) is 0.985. The van der Waals surface area contributed by atoms with Crippen LogP contribution in [0.3, 0.4) is 0 Å². The minimum Gasteiger partial charge on any atom is -0.494 e. The topological polar surface area (TPSA) is 84.9 Å². The van der Waals surface area contributed by atoms with Crippen LogP contribution in [0.2, 0.25) is 0 Å².